The maximum atomic E-state index is 13.0. The first-order valence-corrected chi connectivity index (χ1v) is 8.23. The van der Waals surface area contributed by atoms with Crippen LogP contribution >= 0.6 is 0 Å². The fraction of sp³-hybridized carbons (Fsp3) is 0.500. The van der Waals surface area contributed by atoms with Crippen molar-refractivity contribution in [3.05, 3.63) is 44.7 Å². The lowest BCUT2D eigenvalue weighted by Crippen LogP contribution is -3.26. The standard InChI is InChI=1S/C18H25N3O/c1-12-9-13(2)17-15(10-12)18(22)16(14(3)19-17)11-21-7-5-20(4)6-8-21/h9-10H,5-8,11H2,1-4H3,(H,19,22)/p+2. The molecule has 0 atom stereocenters. The van der Waals surface area contributed by atoms with Crippen LogP contribution in [0.25, 0.3) is 10.9 Å². The molecule has 1 aliphatic heterocycles. The van der Waals surface area contributed by atoms with Crippen molar-refractivity contribution in [3.63, 3.8) is 0 Å². The van der Waals surface area contributed by atoms with E-state index in [1.54, 1.807) is 4.90 Å². The molecule has 0 bridgehead atoms. The molecule has 1 aliphatic rings. The van der Waals surface area contributed by atoms with Gasteiger partial charge in [-0.2, -0.15) is 0 Å². The molecule has 1 fully saturated rings. The second-order valence-corrected chi connectivity index (χ2v) is 6.95. The van der Waals surface area contributed by atoms with Gasteiger partial charge in [0.25, 0.3) is 0 Å². The van der Waals surface area contributed by atoms with Crippen LogP contribution in [0, 0.1) is 20.8 Å². The van der Waals surface area contributed by atoms with Gasteiger partial charge < -0.3 is 14.8 Å². The zero-order valence-corrected chi connectivity index (χ0v) is 14.1. The van der Waals surface area contributed by atoms with E-state index in [4.69, 9.17) is 0 Å². The number of aryl methyl sites for hydroxylation is 3. The molecule has 0 aliphatic carbocycles. The molecule has 0 saturated carbocycles. The van der Waals surface area contributed by atoms with Crippen molar-refractivity contribution in [2.45, 2.75) is 27.3 Å². The van der Waals surface area contributed by atoms with Crippen molar-refractivity contribution in [2.24, 2.45) is 0 Å². The average Bonchev–Trinajstić information content (AvgIpc) is 2.47. The van der Waals surface area contributed by atoms with Crippen molar-refractivity contribution in [1.29, 1.82) is 0 Å². The number of hydrogen-bond donors (Lipinski definition) is 3. The van der Waals surface area contributed by atoms with E-state index in [9.17, 15) is 4.79 Å². The molecule has 3 N–H and O–H groups in total. The van der Waals surface area contributed by atoms with Crippen LogP contribution in [0.15, 0.2) is 16.9 Å². The number of piperazine rings is 1. The summed E-state index contributed by atoms with van der Waals surface area (Å²) in [7, 11) is 2.25. The molecule has 22 heavy (non-hydrogen) atoms. The smallest absolute Gasteiger partial charge is 0.198 e. The van der Waals surface area contributed by atoms with Crippen LogP contribution in [0.1, 0.15) is 22.4 Å². The second-order valence-electron chi connectivity index (χ2n) is 6.95. The highest BCUT2D eigenvalue weighted by molar-refractivity contribution is 5.83. The predicted molar refractivity (Wildman–Crippen MR) is 89.8 cm³/mol. The zero-order valence-electron chi connectivity index (χ0n) is 14.1. The van der Waals surface area contributed by atoms with Crippen LogP contribution in [-0.4, -0.2) is 38.2 Å². The number of H-pyrrole nitrogens is 1. The Hall–Kier alpha value is -1.65. The van der Waals surface area contributed by atoms with E-state index in [2.05, 4.69) is 31.9 Å². The van der Waals surface area contributed by atoms with Crippen LogP contribution in [0.5, 0.6) is 0 Å². The number of nitrogens with one attached hydrogen (secondary N) is 3. The Balaban J connectivity index is 2.01. The normalized spacial score (nSPS) is 22.2. The molecular formula is C18H27N3O+2. The molecule has 1 aromatic heterocycles. The molecule has 118 valence electrons. The third kappa shape index (κ3) is 2.81. The molecule has 0 unspecified atom stereocenters. The van der Waals surface area contributed by atoms with Gasteiger partial charge in [0.1, 0.15) is 32.7 Å². The summed E-state index contributed by atoms with van der Waals surface area (Å²) in [4.78, 5) is 19.6. The number of fused-ring (bicyclic) bond motifs is 1. The third-order valence-electron chi connectivity index (χ3n) is 5.00. The number of benzene rings is 1. The molecule has 3 rings (SSSR count). The summed E-state index contributed by atoms with van der Waals surface area (Å²) >= 11 is 0. The van der Waals surface area contributed by atoms with Gasteiger partial charge in [0.15, 0.2) is 5.43 Å². The first-order chi connectivity index (χ1) is 10.5. The molecule has 1 aromatic carbocycles. The maximum absolute atomic E-state index is 13.0. The van der Waals surface area contributed by atoms with Gasteiger partial charge in [-0.05, 0) is 38.0 Å². The minimum Gasteiger partial charge on any atom is -0.358 e. The van der Waals surface area contributed by atoms with Crippen molar-refractivity contribution in [1.82, 2.24) is 4.98 Å². The van der Waals surface area contributed by atoms with Gasteiger partial charge in [-0.3, -0.25) is 4.79 Å². The number of aromatic nitrogens is 1. The Bertz CT molecular complexity index is 755. The first kappa shape index (κ1) is 15.3. The SMILES string of the molecule is Cc1cc(C)c2[nH]c(C)c(C[NH+]3CC[NH+](C)CC3)c(=O)c2c1. The molecule has 0 spiro atoms. The Labute approximate surface area is 131 Å². The summed E-state index contributed by atoms with van der Waals surface area (Å²) in [6, 6.07) is 4.15. The van der Waals surface area contributed by atoms with Crippen LogP contribution in [0.4, 0.5) is 0 Å². The van der Waals surface area contributed by atoms with E-state index in [-0.39, 0.29) is 5.43 Å². The van der Waals surface area contributed by atoms with Gasteiger partial charge in [0.05, 0.1) is 18.1 Å². The van der Waals surface area contributed by atoms with Crippen LogP contribution in [0.3, 0.4) is 0 Å². The molecule has 0 radical (unpaired) electrons. The zero-order chi connectivity index (χ0) is 15.9. The van der Waals surface area contributed by atoms with Gasteiger partial charge in [0.2, 0.25) is 0 Å². The van der Waals surface area contributed by atoms with E-state index in [1.165, 1.54) is 18.0 Å². The van der Waals surface area contributed by atoms with Crippen molar-refractivity contribution in [2.75, 3.05) is 33.2 Å². The largest absolute Gasteiger partial charge is 0.358 e. The van der Waals surface area contributed by atoms with Crippen LogP contribution in [0.2, 0.25) is 0 Å². The minimum atomic E-state index is 0.219. The van der Waals surface area contributed by atoms with E-state index in [0.717, 1.165) is 52.9 Å². The average molecular weight is 301 g/mol. The molecule has 0 amide bonds. The summed E-state index contributed by atoms with van der Waals surface area (Å²) in [5.41, 5.74) is 5.51. The van der Waals surface area contributed by atoms with Crippen molar-refractivity contribution in [3.8, 4) is 0 Å². The quantitative estimate of drug-likeness (QED) is 0.679. The van der Waals surface area contributed by atoms with Gasteiger partial charge in [-0.15, -0.1) is 0 Å². The van der Waals surface area contributed by atoms with Crippen LogP contribution in [-0.2, 0) is 6.54 Å². The van der Waals surface area contributed by atoms with Crippen molar-refractivity contribution < 1.29 is 9.80 Å². The van der Waals surface area contributed by atoms with Crippen molar-refractivity contribution >= 4 is 10.9 Å². The van der Waals surface area contributed by atoms with E-state index < -0.39 is 0 Å². The summed E-state index contributed by atoms with van der Waals surface area (Å²) in [6.07, 6.45) is 0. The Morgan fingerprint density at radius 2 is 1.77 bits per heavy atom. The molecule has 2 heterocycles. The van der Waals surface area contributed by atoms with E-state index in [1.807, 2.05) is 13.0 Å². The highest BCUT2D eigenvalue weighted by atomic mass is 16.1. The molecular weight excluding hydrogens is 274 g/mol. The number of aromatic amines is 1. The summed E-state index contributed by atoms with van der Waals surface area (Å²) in [5.74, 6) is 0. The van der Waals surface area contributed by atoms with E-state index >= 15 is 0 Å². The first-order valence-electron chi connectivity index (χ1n) is 8.23. The molecule has 4 nitrogen and oxygen atoms in total. The topological polar surface area (TPSA) is 41.7 Å². The number of rotatable bonds is 2. The Morgan fingerprint density at radius 1 is 1.09 bits per heavy atom. The molecule has 2 aromatic rings. The Morgan fingerprint density at radius 3 is 2.45 bits per heavy atom. The van der Waals surface area contributed by atoms with Gasteiger partial charge in [-0.25, -0.2) is 0 Å². The second kappa shape index (κ2) is 5.86. The highest BCUT2D eigenvalue weighted by Crippen LogP contribution is 2.17. The predicted octanol–water partition coefficient (Wildman–Crippen LogP) is -0.633. The number of pyridine rings is 1. The summed E-state index contributed by atoms with van der Waals surface area (Å²) in [5, 5.41) is 0.845. The van der Waals surface area contributed by atoms with Crippen LogP contribution < -0.4 is 15.2 Å². The monoisotopic (exact) mass is 301 g/mol. The highest BCUT2D eigenvalue weighted by Gasteiger charge is 2.22. The number of quaternary nitrogens is 2. The van der Waals surface area contributed by atoms with E-state index in [0.29, 0.717) is 0 Å². The minimum absolute atomic E-state index is 0.219. The van der Waals surface area contributed by atoms with Gasteiger partial charge in [-0.1, -0.05) is 6.07 Å². The van der Waals surface area contributed by atoms with Gasteiger partial charge in [0, 0.05) is 11.1 Å². The number of likely N-dealkylation sites (N-methyl/N-ethyl adjacent to an activating group) is 1. The summed E-state index contributed by atoms with van der Waals surface area (Å²) in [6.45, 7) is 11.7. The van der Waals surface area contributed by atoms with Gasteiger partial charge >= 0.3 is 0 Å². The number of hydrogen-bond acceptors (Lipinski definition) is 1. The third-order valence-corrected chi connectivity index (χ3v) is 5.00. The molecule has 4 heteroatoms. The summed E-state index contributed by atoms with van der Waals surface area (Å²) < 4.78 is 0. The lowest BCUT2D eigenvalue weighted by molar-refractivity contribution is -1.01. The lowest BCUT2D eigenvalue weighted by Gasteiger charge is -2.27. The molecule has 1 saturated heterocycles. The lowest BCUT2D eigenvalue weighted by atomic mass is 10.0. The fourth-order valence-corrected chi connectivity index (χ4v) is 3.58. The Kier molecular flexibility index (Phi) is 4.06. The maximum Gasteiger partial charge on any atom is 0.198 e. The fourth-order valence-electron chi connectivity index (χ4n) is 3.58.